The lowest BCUT2D eigenvalue weighted by molar-refractivity contribution is -0.352. The predicted molar refractivity (Wildman–Crippen MR) is 47.3 cm³/mol. The number of hydrogen-bond donors (Lipinski definition) is 1. The molecule has 9 heteroatoms. The molecule has 0 heterocycles. The van der Waals surface area contributed by atoms with Crippen LogP contribution in [0.15, 0.2) is 0 Å². The first-order chi connectivity index (χ1) is 6.71. The molecule has 0 amide bonds. The fourth-order valence-corrected chi connectivity index (χ4v) is 1.45. The van der Waals surface area contributed by atoms with Crippen molar-refractivity contribution in [3.05, 3.63) is 0 Å². The van der Waals surface area contributed by atoms with Crippen LogP contribution in [0.5, 0.6) is 0 Å². The second kappa shape index (κ2) is 4.17. The van der Waals surface area contributed by atoms with Crippen molar-refractivity contribution in [1.29, 1.82) is 0 Å². The van der Waals surface area contributed by atoms with Crippen molar-refractivity contribution < 1.29 is 30.7 Å². The summed E-state index contributed by atoms with van der Waals surface area (Å²) in [5, 5.41) is 0. The molecular formula is C7H12F7NSi. The van der Waals surface area contributed by atoms with E-state index in [1.54, 1.807) is 0 Å². The van der Waals surface area contributed by atoms with E-state index in [1.165, 1.54) is 19.6 Å². The summed E-state index contributed by atoms with van der Waals surface area (Å²) in [5.41, 5.74) is 0. The summed E-state index contributed by atoms with van der Waals surface area (Å²) >= 11 is 0. The summed E-state index contributed by atoms with van der Waals surface area (Å²) in [6, 6.07) is 0. The molecule has 1 N–H and O–H groups in total. The van der Waals surface area contributed by atoms with Gasteiger partial charge in [0.05, 0.1) is 6.54 Å². The van der Waals surface area contributed by atoms with Crippen LogP contribution in [-0.2, 0) is 0 Å². The van der Waals surface area contributed by atoms with E-state index in [1.807, 2.05) is 4.98 Å². The van der Waals surface area contributed by atoms with Crippen LogP contribution in [0.1, 0.15) is 0 Å². The van der Waals surface area contributed by atoms with Crippen LogP contribution in [0.4, 0.5) is 30.7 Å². The van der Waals surface area contributed by atoms with Gasteiger partial charge in [0, 0.05) is 0 Å². The van der Waals surface area contributed by atoms with E-state index in [0.717, 1.165) is 0 Å². The highest BCUT2D eigenvalue weighted by molar-refractivity contribution is 6.73. The number of rotatable bonds is 4. The van der Waals surface area contributed by atoms with Gasteiger partial charge in [0.2, 0.25) is 0 Å². The highest BCUT2D eigenvalue weighted by atomic mass is 28.3. The third-order valence-electron chi connectivity index (χ3n) is 1.66. The topological polar surface area (TPSA) is 12.0 Å². The minimum absolute atomic E-state index is 1.51. The van der Waals surface area contributed by atoms with Crippen LogP contribution in [0, 0.1) is 0 Å². The van der Waals surface area contributed by atoms with Gasteiger partial charge in [-0.25, -0.2) is 0 Å². The molecule has 98 valence electrons. The molecule has 0 unspecified atom stereocenters. The molecule has 0 bridgehead atoms. The molecule has 0 aromatic rings. The fourth-order valence-electron chi connectivity index (χ4n) is 0.695. The Bertz CT molecular complexity index is 242. The van der Waals surface area contributed by atoms with Crippen LogP contribution in [-0.4, -0.2) is 32.8 Å². The molecule has 0 aliphatic rings. The quantitative estimate of drug-likeness (QED) is 0.611. The van der Waals surface area contributed by atoms with Crippen LogP contribution >= 0.6 is 0 Å². The molecule has 0 radical (unpaired) electrons. The third-order valence-corrected chi connectivity index (χ3v) is 2.89. The summed E-state index contributed by atoms with van der Waals surface area (Å²) in [4.78, 5) is 2.05. The van der Waals surface area contributed by atoms with E-state index >= 15 is 0 Å². The van der Waals surface area contributed by atoms with E-state index in [-0.39, 0.29) is 0 Å². The number of alkyl halides is 7. The lowest BCUT2D eigenvalue weighted by atomic mass is 10.1. The average molecular weight is 271 g/mol. The van der Waals surface area contributed by atoms with Gasteiger partial charge in [-0.1, -0.05) is 19.6 Å². The molecule has 1 nitrogen and oxygen atoms in total. The highest BCUT2D eigenvalue weighted by Gasteiger charge is 2.72. The lowest BCUT2D eigenvalue weighted by Gasteiger charge is -2.30. The number of halogens is 7. The van der Waals surface area contributed by atoms with Crippen molar-refractivity contribution in [3.8, 4) is 0 Å². The molecule has 0 spiro atoms. The van der Waals surface area contributed by atoms with Crippen molar-refractivity contribution >= 4 is 8.24 Å². The zero-order valence-electron chi connectivity index (χ0n) is 8.85. The van der Waals surface area contributed by atoms with Crippen molar-refractivity contribution in [3.63, 3.8) is 0 Å². The Labute approximate surface area is 89.1 Å². The Morgan fingerprint density at radius 2 is 1.25 bits per heavy atom. The Morgan fingerprint density at radius 1 is 0.875 bits per heavy atom. The first-order valence-electron chi connectivity index (χ1n) is 4.28. The first kappa shape index (κ1) is 15.7. The minimum Gasteiger partial charge on any atom is -0.332 e. The van der Waals surface area contributed by atoms with Crippen LogP contribution < -0.4 is 4.98 Å². The molecule has 0 aliphatic heterocycles. The van der Waals surface area contributed by atoms with Gasteiger partial charge < -0.3 is 4.98 Å². The Kier molecular flexibility index (Phi) is 4.09. The smallest absolute Gasteiger partial charge is 0.332 e. The highest BCUT2D eigenvalue weighted by Crippen LogP contribution is 2.46. The minimum atomic E-state index is -6.25. The standard InChI is InChI=1S/C7H12F7NSi/c1-16(2,3)15-4-5(8,9)6(10,11)7(12,13)14/h15H,4H2,1-3H3. The molecule has 0 fully saturated rings. The molecule has 0 saturated heterocycles. The zero-order chi connectivity index (χ0) is 13.4. The van der Waals surface area contributed by atoms with E-state index in [0.29, 0.717) is 0 Å². The van der Waals surface area contributed by atoms with Crippen LogP contribution in [0.3, 0.4) is 0 Å². The van der Waals surface area contributed by atoms with Gasteiger partial charge in [0.15, 0.2) is 0 Å². The molecule has 0 rings (SSSR count). The lowest BCUT2D eigenvalue weighted by Crippen LogP contribution is -2.59. The monoisotopic (exact) mass is 271 g/mol. The predicted octanol–water partition coefficient (Wildman–Crippen LogP) is 3.24. The maximum Gasteiger partial charge on any atom is 0.459 e. The average Bonchev–Trinajstić information content (AvgIpc) is 1.97. The maximum atomic E-state index is 12.7. The van der Waals surface area contributed by atoms with Gasteiger partial charge in [-0.05, 0) is 0 Å². The third kappa shape index (κ3) is 3.61. The van der Waals surface area contributed by atoms with Crippen molar-refractivity contribution in [2.24, 2.45) is 0 Å². The largest absolute Gasteiger partial charge is 0.459 e. The number of hydrogen-bond acceptors (Lipinski definition) is 1. The Balaban J connectivity index is 4.79. The van der Waals surface area contributed by atoms with E-state index in [4.69, 9.17) is 0 Å². The summed E-state index contributed by atoms with van der Waals surface area (Å²) in [7, 11) is -2.34. The maximum absolute atomic E-state index is 12.7. The van der Waals surface area contributed by atoms with Gasteiger partial charge >= 0.3 is 18.0 Å². The molecule has 0 atom stereocenters. The Hall–Kier alpha value is -0.313. The van der Waals surface area contributed by atoms with Gasteiger partial charge in [0.25, 0.3) is 0 Å². The fraction of sp³-hybridized carbons (Fsp3) is 1.00. The van der Waals surface area contributed by atoms with Crippen LogP contribution in [0.2, 0.25) is 19.6 Å². The SMILES string of the molecule is C[Si](C)(C)NCC(F)(F)C(F)(F)C(F)(F)F. The number of nitrogens with one attached hydrogen (secondary N) is 1. The summed E-state index contributed by atoms with van der Waals surface area (Å²) < 4.78 is 85.3. The van der Waals surface area contributed by atoms with Gasteiger partial charge in [-0.2, -0.15) is 30.7 Å². The van der Waals surface area contributed by atoms with Crippen molar-refractivity contribution in [1.82, 2.24) is 4.98 Å². The molecule has 0 aromatic carbocycles. The molecular weight excluding hydrogens is 259 g/mol. The van der Waals surface area contributed by atoms with E-state index in [9.17, 15) is 30.7 Å². The zero-order valence-corrected chi connectivity index (χ0v) is 9.85. The van der Waals surface area contributed by atoms with E-state index < -0.39 is 32.8 Å². The normalized spacial score (nSPS) is 15.4. The first-order valence-corrected chi connectivity index (χ1v) is 7.78. The second-order valence-electron chi connectivity index (χ2n) is 4.38. The second-order valence-corrected chi connectivity index (χ2v) is 9.23. The molecule has 0 aromatic heterocycles. The van der Waals surface area contributed by atoms with Crippen molar-refractivity contribution in [2.45, 2.75) is 37.7 Å². The Morgan fingerprint density at radius 3 is 1.50 bits per heavy atom. The summed E-state index contributed by atoms with van der Waals surface area (Å²) in [6.07, 6.45) is -6.25. The van der Waals surface area contributed by atoms with Crippen molar-refractivity contribution in [2.75, 3.05) is 6.54 Å². The molecule has 0 saturated carbocycles. The van der Waals surface area contributed by atoms with Gasteiger partial charge in [-0.3, -0.25) is 0 Å². The summed E-state index contributed by atoms with van der Waals surface area (Å²) in [5.74, 6) is -11.2. The van der Waals surface area contributed by atoms with Gasteiger partial charge in [-0.15, -0.1) is 0 Å². The van der Waals surface area contributed by atoms with Crippen LogP contribution in [0.25, 0.3) is 0 Å². The summed E-state index contributed by atoms with van der Waals surface area (Å²) in [6.45, 7) is 2.84. The molecule has 16 heavy (non-hydrogen) atoms. The molecule has 0 aliphatic carbocycles. The van der Waals surface area contributed by atoms with Gasteiger partial charge in [0.1, 0.15) is 8.24 Å². The van der Waals surface area contributed by atoms with E-state index in [2.05, 4.69) is 0 Å².